The molecule has 0 saturated carbocycles. The highest BCUT2D eigenvalue weighted by molar-refractivity contribution is 5.94. The zero-order valence-corrected chi connectivity index (χ0v) is 18.0. The number of H-pyrrole nitrogens is 1. The summed E-state index contributed by atoms with van der Waals surface area (Å²) in [6.45, 7) is 2.06. The monoisotopic (exact) mass is 433 g/mol. The maximum Gasteiger partial charge on any atom is 0.304 e. The predicted molar refractivity (Wildman–Crippen MR) is 125 cm³/mol. The normalized spacial score (nSPS) is 12.2. The van der Waals surface area contributed by atoms with Crippen LogP contribution in [-0.4, -0.2) is 27.2 Å². The number of aromatic nitrogens is 2. The van der Waals surface area contributed by atoms with Gasteiger partial charge in [-0.3, -0.25) is 14.4 Å². The summed E-state index contributed by atoms with van der Waals surface area (Å²) in [6, 6.07) is 14.6. The quantitative estimate of drug-likeness (QED) is 0.413. The second kappa shape index (κ2) is 11.0. The van der Waals surface area contributed by atoms with Crippen molar-refractivity contribution in [1.29, 1.82) is 0 Å². The molecule has 7 nitrogen and oxygen atoms in total. The maximum atomic E-state index is 12.7. The molecule has 0 aliphatic heterocycles. The van der Waals surface area contributed by atoms with Gasteiger partial charge in [-0.1, -0.05) is 55.8 Å². The first kappa shape index (κ1) is 22.9. The molecule has 0 saturated heterocycles. The molecule has 7 heteroatoms. The summed E-state index contributed by atoms with van der Waals surface area (Å²) < 4.78 is 0. The van der Waals surface area contributed by atoms with E-state index < -0.39 is 11.9 Å². The van der Waals surface area contributed by atoms with Crippen molar-refractivity contribution in [2.45, 2.75) is 39.0 Å². The third kappa shape index (κ3) is 6.14. The molecule has 1 heterocycles. The molecular formula is C25H27N3O4. The van der Waals surface area contributed by atoms with Crippen LogP contribution in [0.4, 0.5) is 5.69 Å². The van der Waals surface area contributed by atoms with Crippen molar-refractivity contribution < 1.29 is 14.7 Å². The lowest BCUT2D eigenvalue weighted by atomic mass is 9.99. The van der Waals surface area contributed by atoms with Gasteiger partial charge in [0.1, 0.15) is 0 Å². The number of aliphatic carboxylic acids is 1. The number of hydrogen-bond acceptors (Lipinski definition) is 4. The number of rotatable bonds is 10. The summed E-state index contributed by atoms with van der Waals surface area (Å²) in [5.74, 6) is -1.97. The fourth-order valence-corrected chi connectivity index (χ4v) is 3.54. The van der Waals surface area contributed by atoms with E-state index in [9.17, 15) is 19.5 Å². The van der Waals surface area contributed by atoms with Gasteiger partial charge < -0.3 is 10.4 Å². The van der Waals surface area contributed by atoms with Crippen LogP contribution in [0.5, 0.6) is 0 Å². The smallest absolute Gasteiger partial charge is 0.304 e. The molecule has 3 aromatic rings. The van der Waals surface area contributed by atoms with Crippen molar-refractivity contribution in [1.82, 2.24) is 10.2 Å². The average Bonchev–Trinajstić information content (AvgIpc) is 2.78. The Morgan fingerprint density at radius 3 is 2.66 bits per heavy atom. The number of carboxylic acids is 1. The summed E-state index contributed by atoms with van der Waals surface area (Å²) in [5.41, 5.74) is 2.00. The molecule has 0 bridgehead atoms. The largest absolute Gasteiger partial charge is 0.481 e. The van der Waals surface area contributed by atoms with E-state index in [1.807, 2.05) is 48.6 Å². The number of aromatic amines is 1. The zero-order valence-electron chi connectivity index (χ0n) is 18.0. The lowest BCUT2D eigenvalue weighted by molar-refractivity contribution is -0.140. The first-order chi connectivity index (χ1) is 15.5. The number of carbonyl (C=O) groups is 2. The Hall–Kier alpha value is -3.74. The molecule has 2 aromatic carbocycles. The number of carboxylic acid groups (broad SMARTS) is 1. The third-order valence-electron chi connectivity index (χ3n) is 5.18. The summed E-state index contributed by atoms with van der Waals surface area (Å²) >= 11 is 0. The maximum absolute atomic E-state index is 12.7. The van der Waals surface area contributed by atoms with Crippen molar-refractivity contribution >= 4 is 28.3 Å². The van der Waals surface area contributed by atoms with Gasteiger partial charge in [0, 0.05) is 17.5 Å². The first-order valence-electron chi connectivity index (χ1n) is 10.7. The van der Waals surface area contributed by atoms with Crippen LogP contribution in [0.2, 0.25) is 0 Å². The van der Waals surface area contributed by atoms with Crippen LogP contribution in [0, 0.1) is 5.92 Å². The van der Waals surface area contributed by atoms with Crippen LogP contribution < -0.4 is 10.9 Å². The number of nitrogens with one attached hydrogen (secondary N) is 2. The van der Waals surface area contributed by atoms with Crippen LogP contribution in [0.1, 0.15) is 43.9 Å². The molecule has 0 fully saturated rings. The molecule has 0 radical (unpaired) electrons. The number of benzene rings is 2. The molecule has 166 valence electrons. The van der Waals surface area contributed by atoms with E-state index in [2.05, 4.69) is 22.4 Å². The molecule has 3 N–H and O–H groups in total. The van der Waals surface area contributed by atoms with Gasteiger partial charge in [0.15, 0.2) is 0 Å². The van der Waals surface area contributed by atoms with E-state index in [1.54, 1.807) is 12.1 Å². The SMILES string of the molecule is CCCC=CCC(CC(=O)O)C(=O)Nc1cccc(Cc2n[nH]c(=O)c3ccccc23)c1. The highest BCUT2D eigenvalue weighted by Crippen LogP contribution is 2.20. The number of fused-ring (bicyclic) bond motifs is 1. The molecule has 3 rings (SSSR count). The van der Waals surface area contributed by atoms with Crippen molar-refractivity contribution in [3.05, 3.63) is 82.3 Å². The standard InChI is InChI=1S/C25H27N3O4/c1-2-3-4-5-10-18(16-23(29)30)24(31)26-19-11-8-9-17(14-19)15-22-20-12-6-7-13-21(20)25(32)28-27-22/h4-9,11-14,18H,2-3,10,15-16H2,1H3,(H,26,31)(H,28,32)(H,29,30). The van der Waals surface area contributed by atoms with E-state index >= 15 is 0 Å². The van der Waals surface area contributed by atoms with E-state index in [1.165, 1.54) is 0 Å². The highest BCUT2D eigenvalue weighted by atomic mass is 16.4. The Kier molecular flexibility index (Phi) is 7.91. The van der Waals surface area contributed by atoms with Gasteiger partial charge >= 0.3 is 5.97 Å². The molecule has 0 aliphatic rings. The molecule has 1 amide bonds. The van der Waals surface area contributed by atoms with Crippen molar-refractivity contribution in [2.24, 2.45) is 5.92 Å². The fourth-order valence-electron chi connectivity index (χ4n) is 3.54. The molecule has 0 spiro atoms. The van der Waals surface area contributed by atoms with Crippen molar-refractivity contribution in [3.8, 4) is 0 Å². The summed E-state index contributed by atoms with van der Waals surface area (Å²) in [7, 11) is 0. The Morgan fingerprint density at radius 2 is 1.91 bits per heavy atom. The van der Waals surface area contributed by atoms with Crippen LogP contribution in [0.25, 0.3) is 10.8 Å². The molecule has 0 aliphatic carbocycles. The third-order valence-corrected chi connectivity index (χ3v) is 5.18. The second-order valence-corrected chi connectivity index (χ2v) is 7.70. The van der Waals surface area contributed by atoms with Crippen LogP contribution in [-0.2, 0) is 16.0 Å². The summed E-state index contributed by atoms with van der Waals surface area (Å²) in [6.07, 6.45) is 6.37. The number of nitrogens with zero attached hydrogens (tertiary/aromatic N) is 1. The molecule has 1 atom stereocenters. The Bertz CT molecular complexity index is 1180. The Morgan fingerprint density at radius 1 is 1.12 bits per heavy atom. The van der Waals surface area contributed by atoms with Crippen LogP contribution >= 0.6 is 0 Å². The van der Waals surface area contributed by atoms with Gasteiger partial charge in [-0.15, -0.1) is 0 Å². The minimum Gasteiger partial charge on any atom is -0.481 e. The lowest BCUT2D eigenvalue weighted by Crippen LogP contribution is -2.25. The van der Waals surface area contributed by atoms with Crippen molar-refractivity contribution in [2.75, 3.05) is 5.32 Å². The van der Waals surface area contributed by atoms with Gasteiger partial charge in [-0.05, 0) is 36.6 Å². The molecule has 32 heavy (non-hydrogen) atoms. The van der Waals surface area contributed by atoms with Gasteiger partial charge in [0.2, 0.25) is 5.91 Å². The van der Waals surface area contributed by atoms with E-state index in [0.717, 1.165) is 29.5 Å². The van der Waals surface area contributed by atoms with Gasteiger partial charge in [0.05, 0.1) is 23.4 Å². The van der Waals surface area contributed by atoms with Gasteiger partial charge in [-0.2, -0.15) is 5.10 Å². The first-order valence-corrected chi connectivity index (χ1v) is 10.7. The number of amides is 1. The number of hydrogen-bond donors (Lipinski definition) is 3. The number of allylic oxidation sites excluding steroid dienone is 2. The zero-order chi connectivity index (χ0) is 22.9. The van der Waals surface area contributed by atoms with Crippen LogP contribution in [0.15, 0.2) is 65.5 Å². The summed E-state index contributed by atoms with van der Waals surface area (Å²) in [4.78, 5) is 35.9. The van der Waals surface area contributed by atoms with Crippen LogP contribution in [0.3, 0.4) is 0 Å². The average molecular weight is 434 g/mol. The van der Waals surface area contributed by atoms with E-state index in [-0.39, 0.29) is 17.9 Å². The summed E-state index contributed by atoms with van der Waals surface area (Å²) in [5, 5.41) is 20.1. The van der Waals surface area contributed by atoms with E-state index in [4.69, 9.17) is 0 Å². The minimum atomic E-state index is -1.00. The molecule has 1 aromatic heterocycles. The van der Waals surface area contributed by atoms with Gasteiger partial charge in [0.25, 0.3) is 5.56 Å². The predicted octanol–water partition coefficient (Wildman–Crippen LogP) is 4.29. The fraction of sp³-hybridized carbons (Fsp3) is 0.280. The number of carbonyl (C=O) groups excluding carboxylic acids is 1. The van der Waals surface area contributed by atoms with Crippen molar-refractivity contribution in [3.63, 3.8) is 0 Å². The number of anilines is 1. The number of unbranched alkanes of at least 4 members (excludes halogenated alkanes) is 1. The molecule has 1 unspecified atom stereocenters. The topological polar surface area (TPSA) is 112 Å². The minimum absolute atomic E-state index is 0.227. The second-order valence-electron chi connectivity index (χ2n) is 7.70. The lowest BCUT2D eigenvalue weighted by Gasteiger charge is -2.14. The van der Waals surface area contributed by atoms with E-state index in [0.29, 0.717) is 23.9 Å². The highest BCUT2D eigenvalue weighted by Gasteiger charge is 2.20. The Balaban J connectivity index is 1.75. The van der Waals surface area contributed by atoms with Gasteiger partial charge in [-0.25, -0.2) is 5.10 Å². The Labute approximate surface area is 186 Å². The molecular weight excluding hydrogens is 406 g/mol.